The van der Waals surface area contributed by atoms with Gasteiger partial charge in [0.2, 0.25) is 11.8 Å². The lowest BCUT2D eigenvalue weighted by Gasteiger charge is -2.51. The normalized spacial score (nSPS) is 47.0. The zero-order valence-corrected chi connectivity index (χ0v) is 35.8. The van der Waals surface area contributed by atoms with Gasteiger partial charge in [-0.15, -0.1) is 0 Å². The SMILES string of the molecule is CC(=O)N[C@H]1[C@H](O[C@@H]2[C@H](O)[C@H](O[C@H]3[C@H](O)[C@@H](O)[C@H](O)O[C@@H]3CO)O[C@H](CO)[C@H]2O)O[C@H](COP(=O)(O)O)[C@@H](O[C@@H]2O[C@H](CO)[C@H](O)[C@H](O[C@H]3O[C@H](CO)[C@H](O)[C@H](O)[C@H]3O)[C@H]2NC(C)=O)[C@@H]1O. The van der Waals surface area contributed by atoms with E-state index >= 15 is 0 Å². The van der Waals surface area contributed by atoms with Crippen LogP contribution in [0.1, 0.15) is 13.8 Å². The lowest BCUT2D eigenvalue weighted by atomic mass is 9.93. The maximum atomic E-state index is 12.6. The van der Waals surface area contributed by atoms with Crippen molar-refractivity contribution in [2.45, 2.75) is 167 Å². The second-order valence-corrected chi connectivity index (χ2v) is 17.3. The number of aliphatic hydroxyl groups is 14. The van der Waals surface area contributed by atoms with E-state index in [9.17, 15) is 95.4 Å². The molecule has 0 aromatic rings. The third kappa shape index (κ3) is 12.5. The molecule has 0 saturated carbocycles. The molecule has 5 heterocycles. The summed E-state index contributed by atoms with van der Waals surface area (Å²) < 4.78 is 67.6. The van der Waals surface area contributed by atoms with Crippen molar-refractivity contribution in [3.8, 4) is 0 Å². The molecule has 0 aliphatic carbocycles. The molecule has 5 aliphatic heterocycles. The smallest absolute Gasteiger partial charge is 0.394 e. The summed E-state index contributed by atoms with van der Waals surface area (Å²) in [6, 6.07) is -3.67. The van der Waals surface area contributed by atoms with E-state index in [1.165, 1.54) is 0 Å². The van der Waals surface area contributed by atoms with Gasteiger partial charge in [0.05, 0.1) is 33.0 Å². The van der Waals surface area contributed by atoms with E-state index < -0.39 is 206 Å². The van der Waals surface area contributed by atoms with Crippen LogP contribution in [0.2, 0.25) is 0 Å². The van der Waals surface area contributed by atoms with Gasteiger partial charge in [0, 0.05) is 13.8 Å². The number of ether oxygens (including phenoxy) is 9. The molecule has 0 radical (unpaired) electrons. The van der Waals surface area contributed by atoms with Crippen LogP contribution in [0.25, 0.3) is 0 Å². The summed E-state index contributed by atoms with van der Waals surface area (Å²) in [6.07, 6.45) is -44.5. The van der Waals surface area contributed by atoms with Crippen molar-refractivity contribution in [3.63, 3.8) is 0 Å². The summed E-state index contributed by atoms with van der Waals surface area (Å²) in [5.41, 5.74) is 0. The molecule has 0 unspecified atom stereocenters. The van der Waals surface area contributed by atoms with E-state index in [0.717, 1.165) is 13.8 Å². The molecular formula is C34H59N2O29P. The molecule has 32 heteroatoms. The Morgan fingerprint density at radius 3 is 1.42 bits per heavy atom. The van der Waals surface area contributed by atoms with E-state index in [4.69, 9.17) is 42.6 Å². The number of carbonyl (C=O) groups excluding carboxylic acids is 2. The van der Waals surface area contributed by atoms with Crippen molar-refractivity contribution in [3.05, 3.63) is 0 Å². The molecule has 5 saturated heterocycles. The van der Waals surface area contributed by atoms with Crippen molar-refractivity contribution in [1.29, 1.82) is 0 Å². The number of phosphoric ester groups is 1. The van der Waals surface area contributed by atoms with Crippen molar-refractivity contribution >= 4 is 19.6 Å². The summed E-state index contributed by atoms with van der Waals surface area (Å²) in [6.45, 7) is -3.13. The molecule has 0 spiro atoms. The van der Waals surface area contributed by atoms with Crippen LogP contribution in [0.15, 0.2) is 0 Å². The zero-order valence-electron chi connectivity index (χ0n) is 34.9. The summed E-state index contributed by atoms with van der Waals surface area (Å²) in [5, 5.41) is 152. The highest BCUT2D eigenvalue weighted by Gasteiger charge is 2.57. The van der Waals surface area contributed by atoms with Gasteiger partial charge < -0.3 is 135 Å². The largest absolute Gasteiger partial charge is 0.469 e. The number of rotatable bonds is 17. The van der Waals surface area contributed by atoms with Gasteiger partial charge in [0.1, 0.15) is 122 Å². The first-order chi connectivity index (χ1) is 31.0. The minimum absolute atomic E-state index is 0.871. The lowest BCUT2D eigenvalue weighted by Crippen LogP contribution is -2.71. The third-order valence-corrected chi connectivity index (χ3v) is 11.8. The molecule has 31 nitrogen and oxygen atoms in total. The fraction of sp³-hybridized carbons (Fsp3) is 0.941. The Balaban J connectivity index is 1.47. The summed E-state index contributed by atoms with van der Waals surface area (Å²) in [5.74, 6) is -1.78. The first-order valence-corrected chi connectivity index (χ1v) is 21.9. The van der Waals surface area contributed by atoms with E-state index in [2.05, 4.69) is 15.2 Å². The molecular weight excluding hydrogens is 931 g/mol. The Labute approximate surface area is 373 Å². The summed E-state index contributed by atoms with van der Waals surface area (Å²) in [4.78, 5) is 44.5. The Bertz CT molecular complexity index is 1620. The number of aliphatic hydroxyl groups excluding tert-OH is 14. The molecule has 5 fully saturated rings. The molecule has 18 N–H and O–H groups in total. The van der Waals surface area contributed by atoms with E-state index in [0.29, 0.717) is 0 Å². The Morgan fingerprint density at radius 1 is 0.455 bits per heavy atom. The van der Waals surface area contributed by atoms with Crippen LogP contribution in [0.3, 0.4) is 0 Å². The van der Waals surface area contributed by atoms with Crippen LogP contribution >= 0.6 is 7.82 Å². The highest BCUT2D eigenvalue weighted by molar-refractivity contribution is 7.46. The van der Waals surface area contributed by atoms with E-state index in [1.807, 2.05) is 0 Å². The Morgan fingerprint density at radius 2 is 0.879 bits per heavy atom. The molecule has 0 bridgehead atoms. The lowest BCUT2D eigenvalue weighted by molar-refractivity contribution is -0.380. The minimum Gasteiger partial charge on any atom is -0.394 e. The molecule has 5 aliphatic rings. The number of phosphoric acid groups is 1. The van der Waals surface area contributed by atoms with Crippen LogP contribution in [0, 0.1) is 0 Å². The molecule has 66 heavy (non-hydrogen) atoms. The van der Waals surface area contributed by atoms with Crippen molar-refractivity contribution in [1.82, 2.24) is 10.6 Å². The predicted octanol–water partition coefficient (Wildman–Crippen LogP) is -11.5. The first kappa shape index (κ1) is 55.1. The van der Waals surface area contributed by atoms with Crippen LogP contribution < -0.4 is 10.6 Å². The average Bonchev–Trinajstić information content (AvgIpc) is 3.25. The number of hydrogen-bond donors (Lipinski definition) is 18. The highest BCUT2D eigenvalue weighted by atomic mass is 31.2. The fourth-order valence-electron chi connectivity index (χ4n) is 7.99. The Kier molecular flexibility index (Phi) is 19.5. The van der Waals surface area contributed by atoms with Crippen molar-refractivity contribution in [2.24, 2.45) is 0 Å². The van der Waals surface area contributed by atoms with Crippen LogP contribution in [-0.4, -0.2) is 280 Å². The monoisotopic (exact) mass is 990 g/mol. The summed E-state index contributed by atoms with van der Waals surface area (Å²) >= 11 is 0. The Hall–Kier alpha value is -1.87. The number of amides is 2. The van der Waals surface area contributed by atoms with Crippen LogP contribution in [0.5, 0.6) is 0 Å². The fourth-order valence-corrected chi connectivity index (χ4v) is 8.33. The van der Waals surface area contributed by atoms with Gasteiger partial charge in [-0.3, -0.25) is 14.1 Å². The minimum atomic E-state index is -5.42. The second-order valence-electron chi connectivity index (χ2n) is 16.0. The van der Waals surface area contributed by atoms with Gasteiger partial charge in [-0.25, -0.2) is 4.57 Å². The molecule has 384 valence electrons. The number of carbonyl (C=O) groups is 2. The molecule has 5 rings (SSSR count). The van der Waals surface area contributed by atoms with Gasteiger partial charge in [-0.05, 0) is 0 Å². The molecule has 0 aromatic carbocycles. The molecule has 2 amide bonds. The first-order valence-electron chi connectivity index (χ1n) is 20.3. The number of nitrogens with one attached hydrogen (secondary N) is 2. The van der Waals surface area contributed by atoms with Crippen molar-refractivity contribution in [2.75, 3.05) is 33.0 Å². The van der Waals surface area contributed by atoms with Gasteiger partial charge >= 0.3 is 7.82 Å². The standard InChI is InChI=1S/C34H59N2O29P/c1-8(41)35-15-20(46)27(62-32-16(36-9(2)42)28(18(44)11(4-38)58-32)64-33-24(50)21(47)17(43)10(3-37)59-33)14(7-56-66(53,54)55)61-31(15)65-29-19(45)12(5-39)60-34(25(29)51)63-26-13(6-40)57-30(52)23(49)22(26)48/h10-34,37-40,43-52H,3-7H2,1-2H3,(H,35,41)(H,36,42)(H2,53,54,55)/t10-,11-,12-,13-,14-,15-,16-,17+,18+,19-,20-,21+,22-,23-,24-,25+,26-,27-,28-,29+,30-,31+,32+,33-,34+/m1/s1. The molecule has 25 atom stereocenters. The van der Waals surface area contributed by atoms with E-state index in [-0.39, 0.29) is 0 Å². The number of hydrogen-bond acceptors (Lipinski definition) is 27. The second kappa shape index (κ2) is 23.4. The van der Waals surface area contributed by atoms with Crippen LogP contribution in [0.4, 0.5) is 0 Å². The van der Waals surface area contributed by atoms with Gasteiger partial charge in [0.15, 0.2) is 31.5 Å². The van der Waals surface area contributed by atoms with Gasteiger partial charge in [0.25, 0.3) is 0 Å². The van der Waals surface area contributed by atoms with E-state index in [1.54, 1.807) is 0 Å². The predicted molar refractivity (Wildman–Crippen MR) is 201 cm³/mol. The molecule has 0 aromatic heterocycles. The van der Waals surface area contributed by atoms with Gasteiger partial charge in [-0.1, -0.05) is 0 Å². The van der Waals surface area contributed by atoms with Gasteiger partial charge in [-0.2, -0.15) is 0 Å². The zero-order chi connectivity index (χ0) is 49.1. The quantitative estimate of drug-likeness (QED) is 0.0602. The highest BCUT2D eigenvalue weighted by Crippen LogP contribution is 2.39. The summed E-state index contributed by atoms with van der Waals surface area (Å²) in [7, 11) is -5.42. The topological polar surface area (TPSA) is 491 Å². The third-order valence-electron chi connectivity index (χ3n) is 11.3. The maximum Gasteiger partial charge on any atom is 0.469 e. The van der Waals surface area contributed by atoms with Crippen molar-refractivity contribution < 1.29 is 143 Å². The average molecular weight is 991 g/mol. The van der Waals surface area contributed by atoms with Crippen LogP contribution in [-0.2, 0) is 61.3 Å². The maximum absolute atomic E-state index is 12.6.